The molecule has 0 saturated heterocycles. The Bertz CT molecular complexity index is 635. The van der Waals surface area contributed by atoms with E-state index in [2.05, 4.69) is 20.5 Å². The Morgan fingerprint density at radius 3 is 2.50 bits per heavy atom. The smallest absolute Gasteiger partial charge is 0.332 e. The van der Waals surface area contributed by atoms with Gasteiger partial charge in [-0.15, -0.1) is 0 Å². The summed E-state index contributed by atoms with van der Waals surface area (Å²) in [6.45, 7) is 3.58. The normalized spacial score (nSPS) is 11.6. The molecule has 1 aromatic heterocycles. The number of nitrogens with one attached hydrogen (secondary N) is 1. The minimum atomic E-state index is -0.708. The summed E-state index contributed by atoms with van der Waals surface area (Å²) >= 11 is 0. The van der Waals surface area contributed by atoms with E-state index in [0.29, 0.717) is 11.4 Å². The predicted octanol–water partition coefficient (Wildman–Crippen LogP) is 1.33. The van der Waals surface area contributed by atoms with Gasteiger partial charge in [-0.2, -0.15) is 5.10 Å². The van der Waals surface area contributed by atoms with Crippen LogP contribution in [0, 0.1) is 6.92 Å². The van der Waals surface area contributed by atoms with Gasteiger partial charge in [-0.05, 0) is 26.0 Å². The monoisotopic (exact) mass is 243 g/mol. The number of carbonyl (C=O) groups is 1. The highest BCUT2D eigenvalue weighted by atomic mass is 16.2. The van der Waals surface area contributed by atoms with Crippen LogP contribution < -0.4 is 11.2 Å². The highest BCUT2D eigenvalue weighted by Crippen LogP contribution is 2.12. The number of fused-ring (bicyclic) bond motifs is 1. The lowest BCUT2D eigenvalue weighted by molar-refractivity contribution is 0.249. The number of hydrogen-bond acceptors (Lipinski definition) is 4. The van der Waals surface area contributed by atoms with Crippen molar-refractivity contribution in [3.8, 4) is 0 Å². The summed E-state index contributed by atoms with van der Waals surface area (Å²) in [6, 6.07) is 6.87. The van der Waals surface area contributed by atoms with Crippen molar-refractivity contribution in [2.75, 3.05) is 0 Å². The van der Waals surface area contributed by atoms with Crippen molar-refractivity contribution in [1.29, 1.82) is 0 Å². The standard InChI is InChI=1S/C12H13N5O/c1-7-11(8(2)16-17-12(13)18)15-10-6-4-3-5-9(10)14-7/h3-6H,1-2H3,(H3,13,17,18). The zero-order chi connectivity index (χ0) is 13.1. The second kappa shape index (κ2) is 4.79. The van der Waals surface area contributed by atoms with Crippen LogP contribution in [0.25, 0.3) is 11.0 Å². The van der Waals surface area contributed by atoms with Crippen molar-refractivity contribution in [3.05, 3.63) is 35.7 Å². The molecule has 2 amide bonds. The van der Waals surface area contributed by atoms with Crippen LogP contribution in [0.15, 0.2) is 29.4 Å². The van der Waals surface area contributed by atoms with Gasteiger partial charge in [-0.1, -0.05) is 12.1 Å². The quantitative estimate of drug-likeness (QED) is 0.615. The number of para-hydroxylation sites is 2. The third kappa shape index (κ3) is 2.42. The highest BCUT2D eigenvalue weighted by Gasteiger charge is 2.08. The molecule has 0 aliphatic heterocycles. The molecule has 1 heterocycles. The molecule has 3 N–H and O–H groups in total. The molecule has 0 atom stereocenters. The second-order valence-electron chi connectivity index (χ2n) is 3.82. The summed E-state index contributed by atoms with van der Waals surface area (Å²) in [5.74, 6) is 0. The van der Waals surface area contributed by atoms with Crippen molar-refractivity contribution in [2.45, 2.75) is 13.8 Å². The zero-order valence-electron chi connectivity index (χ0n) is 10.1. The van der Waals surface area contributed by atoms with Crippen LogP contribution in [0.3, 0.4) is 0 Å². The molecule has 0 fully saturated rings. The Labute approximate surface area is 104 Å². The van der Waals surface area contributed by atoms with Crippen molar-refractivity contribution < 1.29 is 4.79 Å². The van der Waals surface area contributed by atoms with Gasteiger partial charge in [0.05, 0.1) is 22.4 Å². The molecular formula is C12H13N5O. The number of benzene rings is 1. The molecule has 0 aliphatic rings. The van der Waals surface area contributed by atoms with E-state index in [1.165, 1.54) is 0 Å². The molecule has 0 unspecified atom stereocenters. The van der Waals surface area contributed by atoms with Crippen molar-refractivity contribution in [2.24, 2.45) is 10.8 Å². The Morgan fingerprint density at radius 1 is 1.28 bits per heavy atom. The molecule has 92 valence electrons. The SMILES string of the molecule is CC(=NNC(N)=O)c1nc2ccccc2nc1C. The summed E-state index contributed by atoms with van der Waals surface area (Å²) in [5, 5.41) is 3.85. The Morgan fingerprint density at radius 2 is 1.89 bits per heavy atom. The molecule has 0 bridgehead atoms. The lowest BCUT2D eigenvalue weighted by Gasteiger charge is -2.05. The maximum Gasteiger partial charge on any atom is 0.332 e. The average Bonchev–Trinajstić information content (AvgIpc) is 2.35. The van der Waals surface area contributed by atoms with E-state index >= 15 is 0 Å². The minimum absolute atomic E-state index is 0.560. The molecule has 18 heavy (non-hydrogen) atoms. The topological polar surface area (TPSA) is 93.3 Å². The first-order valence-corrected chi connectivity index (χ1v) is 5.41. The fourth-order valence-electron chi connectivity index (χ4n) is 1.62. The summed E-state index contributed by atoms with van der Waals surface area (Å²) in [7, 11) is 0. The van der Waals surface area contributed by atoms with E-state index in [0.717, 1.165) is 16.7 Å². The van der Waals surface area contributed by atoms with Gasteiger partial charge in [0.15, 0.2) is 0 Å². The molecule has 0 spiro atoms. The van der Waals surface area contributed by atoms with Gasteiger partial charge in [0.2, 0.25) is 0 Å². The molecule has 0 saturated carbocycles. The number of carbonyl (C=O) groups excluding carboxylic acids is 1. The maximum absolute atomic E-state index is 10.6. The highest BCUT2D eigenvalue weighted by molar-refractivity contribution is 5.99. The summed E-state index contributed by atoms with van der Waals surface area (Å²) in [5.41, 5.74) is 10.7. The van der Waals surface area contributed by atoms with Crippen LogP contribution in [-0.4, -0.2) is 21.7 Å². The summed E-state index contributed by atoms with van der Waals surface area (Å²) < 4.78 is 0. The molecule has 2 rings (SSSR count). The molecule has 1 aromatic carbocycles. The molecule has 0 aliphatic carbocycles. The van der Waals surface area contributed by atoms with Crippen LogP contribution in [0.4, 0.5) is 4.79 Å². The van der Waals surface area contributed by atoms with Crippen LogP contribution >= 0.6 is 0 Å². The molecule has 6 nitrogen and oxygen atoms in total. The molecule has 6 heteroatoms. The van der Waals surface area contributed by atoms with Gasteiger partial charge in [0.25, 0.3) is 0 Å². The third-order valence-corrected chi connectivity index (χ3v) is 2.42. The Balaban J connectivity index is 2.47. The maximum atomic E-state index is 10.6. The molecular weight excluding hydrogens is 230 g/mol. The van der Waals surface area contributed by atoms with Gasteiger partial charge < -0.3 is 5.73 Å². The number of amides is 2. The number of primary amides is 1. The van der Waals surface area contributed by atoms with E-state index in [1.54, 1.807) is 6.92 Å². The number of hydrogen-bond donors (Lipinski definition) is 2. The fourth-order valence-corrected chi connectivity index (χ4v) is 1.62. The van der Waals surface area contributed by atoms with E-state index in [9.17, 15) is 4.79 Å². The van der Waals surface area contributed by atoms with Crippen LogP contribution in [-0.2, 0) is 0 Å². The first kappa shape index (κ1) is 12.0. The average molecular weight is 243 g/mol. The largest absolute Gasteiger partial charge is 0.350 e. The number of nitrogens with two attached hydrogens (primary N) is 1. The lowest BCUT2D eigenvalue weighted by Crippen LogP contribution is -2.25. The van der Waals surface area contributed by atoms with E-state index in [1.807, 2.05) is 31.2 Å². The Kier molecular flexibility index (Phi) is 3.18. The first-order valence-electron chi connectivity index (χ1n) is 5.41. The van der Waals surface area contributed by atoms with Crippen LogP contribution in [0.5, 0.6) is 0 Å². The number of urea groups is 1. The molecule has 2 aromatic rings. The van der Waals surface area contributed by atoms with Gasteiger partial charge >= 0.3 is 6.03 Å². The van der Waals surface area contributed by atoms with Gasteiger partial charge in [0.1, 0.15) is 5.69 Å². The van der Waals surface area contributed by atoms with Crippen molar-refractivity contribution in [1.82, 2.24) is 15.4 Å². The van der Waals surface area contributed by atoms with Gasteiger partial charge in [-0.3, -0.25) is 0 Å². The number of rotatable bonds is 2. The number of aryl methyl sites for hydroxylation is 1. The van der Waals surface area contributed by atoms with Crippen LogP contribution in [0.1, 0.15) is 18.3 Å². The number of nitrogens with zero attached hydrogens (tertiary/aromatic N) is 3. The second-order valence-corrected chi connectivity index (χ2v) is 3.82. The summed E-state index contributed by atoms with van der Waals surface area (Å²) in [4.78, 5) is 19.5. The predicted molar refractivity (Wildman–Crippen MR) is 69.2 cm³/mol. The summed E-state index contributed by atoms with van der Waals surface area (Å²) in [6.07, 6.45) is 0. The van der Waals surface area contributed by atoms with Crippen molar-refractivity contribution in [3.63, 3.8) is 0 Å². The van der Waals surface area contributed by atoms with Gasteiger partial charge in [0, 0.05) is 0 Å². The van der Waals surface area contributed by atoms with Crippen molar-refractivity contribution >= 4 is 22.8 Å². The third-order valence-electron chi connectivity index (χ3n) is 2.42. The van der Waals surface area contributed by atoms with E-state index in [4.69, 9.17) is 5.73 Å². The lowest BCUT2D eigenvalue weighted by atomic mass is 10.2. The van der Waals surface area contributed by atoms with E-state index < -0.39 is 6.03 Å². The Hall–Kier alpha value is -2.50. The number of aromatic nitrogens is 2. The van der Waals surface area contributed by atoms with E-state index in [-0.39, 0.29) is 0 Å². The number of hydrazone groups is 1. The fraction of sp³-hybridized carbons (Fsp3) is 0.167. The zero-order valence-corrected chi connectivity index (χ0v) is 10.1. The van der Waals surface area contributed by atoms with Crippen LogP contribution in [0.2, 0.25) is 0 Å². The minimum Gasteiger partial charge on any atom is -0.350 e. The first-order chi connectivity index (χ1) is 8.58. The molecule has 0 radical (unpaired) electrons. The van der Waals surface area contributed by atoms with Gasteiger partial charge in [-0.25, -0.2) is 20.2 Å².